The minimum atomic E-state index is -0.696. The van der Waals surface area contributed by atoms with Crippen LogP contribution in [0.2, 0.25) is 0 Å². The molecule has 0 saturated carbocycles. The number of benzene rings is 1. The van der Waals surface area contributed by atoms with Gasteiger partial charge in [0.15, 0.2) is 0 Å². The predicted octanol–water partition coefficient (Wildman–Crippen LogP) is 2.69. The fourth-order valence-corrected chi connectivity index (χ4v) is 1.83. The summed E-state index contributed by atoms with van der Waals surface area (Å²) in [5.74, 6) is -0.261. The van der Waals surface area contributed by atoms with E-state index >= 15 is 0 Å². The normalized spacial score (nSPS) is 11.4. The second kappa shape index (κ2) is 5.98. The van der Waals surface area contributed by atoms with Crippen molar-refractivity contribution in [1.29, 1.82) is 5.26 Å². The third-order valence-electron chi connectivity index (χ3n) is 3.19. The number of aromatic nitrogens is 1. The molecule has 1 atom stereocenters. The average Bonchev–Trinajstić information content (AvgIpc) is 2.48. The van der Waals surface area contributed by atoms with Crippen LogP contribution in [0.4, 0.5) is 0 Å². The molecule has 0 radical (unpaired) electrons. The lowest BCUT2D eigenvalue weighted by Gasteiger charge is -2.12. The molecule has 1 aromatic carbocycles. The van der Waals surface area contributed by atoms with Gasteiger partial charge in [0.2, 0.25) is 0 Å². The van der Waals surface area contributed by atoms with E-state index in [4.69, 9.17) is 0 Å². The zero-order valence-electron chi connectivity index (χ0n) is 11.4. The zero-order chi connectivity index (χ0) is 14.5. The number of nitrogens with one attached hydrogen (secondary N) is 1. The lowest BCUT2D eigenvalue weighted by molar-refractivity contribution is 0.0945. The van der Waals surface area contributed by atoms with Crippen LogP contribution in [-0.4, -0.2) is 10.9 Å². The highest BCUT2D eigenvalue weighted by molar-refractivity contribution is 5.94. The Balaban J connectivity index is 2.18. The molecule has 1 unspecified atom stereocenters. The van der Waals surface area contributed by atoms with Crippen molar-refractivity contribution in [3.05, 3.63) is 65.0 Å². The van der Waals surface area contributed by atoms with Crippen LogP contribution in [0.25, 0.3) is 0 Å². The number of pyridine rings is 1. The predicted molar refractivity (Wildman–Crippen MR) is 76.0 cm³/mol. The van der Waals surface area contributed by atoms with Crippen molar-refractivity contribution >= 4 is 5.91 Å². The van der Waals surface area contributed by atoms with E-state index in [-0.39, 0.29) is 5.91 Å². The van der Waals surface area contributed by atoms with Crippen LogP contribution in [-0.2, 0) is 0 Å². The van der Waals surface area contributed by atoms with Gasteiger partial charge in [-0.2, -0.15) is 5.26 Å². The van der Waals surface area contributed by atoms with Gasteiger partial charge < -0.3 is 5.32 Å². The van der Waals surface area contributed by atoms with E-state index in [0.29, 0.717) is 11.1 Å². The van der Waals surface area contributed by atoms with Crippen molar-refractivity contribution in [3.63, 3.8) is 0 Å². The molecule has 2 aromatic rings. The summed E-state index contributed by atoms with van der Waals surface area (Å²) < 4.78 is 0. The van der Waals surface area contributed by atoms with Gasteiger partial charge in [-0.05, 0) is 43.2 Å². The van der Waals surface area contributed by atoms with Gasteiger partial charge in [0.05, 0.1) is 6.07 Å². The highest BCUT2D eigenvalue weighted by Gasteiger charge is 2.15. The van der Waals surface area contributed by atoms with Crippen molar-refractivity contribution in [2.75, 3.05) is 0 Å². The summed E-state index contributed by atoms with van der Waals surface area (Å²) in [7, 11) is 0. The third kappa shape index (κ3) is 3.01. The Labute approximate surface area is 118 Å². The van der Waals surface area contributed by atoms with Crippen molar-refractivity contribution in [3.8, 4) is 6.07 Å². The lowest BCUT2D eigenvalue weighted by Crippen LogP contribution is -2.27. The van der Waals surface area contributed by atoms with Crippen molar-refractivity contribution in [2.45, 2.75) is 19.9 Å². The second-order valence-corrected chi connectivity index (χ2v) is 4.62. The van der Waals surface area contributed by atoms with E-state index in [1.165, 1.54) is 0 Å². The van der Waals surface area contributed by atoms with E-state index in [1.54, 1.807) is 30.6 Å². The van der Waals surface area contributed by atoms with Crippen molar-refractivity contribution < 1.29 is 4.79 Å². The van der Waals surface area contributed by atoms with Crippen LogP contribution >= 0.6 is 0 Å². The molecule has 2 rings (SSSR count). The van der Waals surface area contributed by atoms with Gasteiger partial charge >= 0.3 is 0 Å². The summed E-state index contributed by atoms with van der Waals surface area (Å²) >= 11 is 0. The van der Waals surface area contributed by atoms with Crippen molar-refractivity contribution in [1.82, 2.24) is 10.3 Å². The number of nitrogens with zero attached hydrogens (tertiary/aromatic N) is 2. The first-order valence-corrected chi connectivity index (χ1v) is 6.29. The summed E-state index contributed by atoms with van der Waals surface area (Å²) in [6.07, 6.45) is 3.21. The lowest BCUT2D eigenvalue weighted by atomic mass is 10.1. The van der Waals surface area contributed by atoms with Crippen LogP contribution in [0, 0.1) is 25.2 Å². The molecule has 100 valence electrons. The number of aryl methyl sites for hydroxylation is 2. The molecule has 0 aliphatic heterocycles. The van der Waals surface area contributed by atoms with Crippen LogP contribution < -0.4 is 5.32 Å². The molecule has 0 aliphatic rings. The highest BCUT2D eigenvalue weighted by atomic mass is 16.1. The smallest absolute Gasteiger partial charge is 0.252 e. The topological polar surface area (TPSA) is 65.8 Å². The largest absolute Gasteiger partial charge is 0.332 e. The Kier molecular flexibility index (Phi) is 4.11. The molecule has 0 saturated heterocycles. The van der Waals surface area contributed by atoms with Gasteiger partial charge in [0.1, 0.15) is 6.04 Å². The molecule has 0 spiro atoms. The monoisotopic (exact) mass is 265 g/mol. The van der Waals surface area contributed by atoms with E-state index in [1.807, 2.05) is 26.0 Å². The van der Waals surface area contributed by atoms with E-state index in [0.717, 1.165) is 11.1 Å². The molecule has 20 heavy (non-hydrogen) atoms. The molecular formula is C16H15N3O. The average molecular weight is 265 g/mol. The first-order valence-electron chi connectivity index (χ1n) is 6.29. The SMILES string of the molecule is Cc1ccc(C(=O)NC(C#N)c2cccnc2)cc1C. The number of rotatable bonds is 3. The number of nitriles is 1. The summed E-state index contributed by atoms with van der Waals surface area (Å²) in [6, 6.07) is 10.4. The van der Waals surface area contributed by atoms with Crippen molar-refractivity contribution in [2.24, 2.45) is 0 Å². The maximum absolute atomic E-state index is 12.2. The fraction of sp³-hybridized carbons (Fsp3) is 0.188. The minimum absolute atomic E-state index is 0.261. The molecule has 4 nitrogen and oxygen atoms in total. The minimum Gasteiger partial charge on any atom is -0.332 e. The summed E-state index contributed by atoms with van der Waals surface area (Å²) in [6.45, 7) is 3.94. The van der Waals surface area contributed by atoms with Gasteiger partial charge in [-0.3, -0.25) is 9.78 Å². The van der Waals surface area contributed by atoms with Gasteiger partial charge in [0.25, 0.3) is 5.91 Å². The Morgan fingerprint density at radius 3 is 2.70 bits per heavy atom. The molecule has 0 bridgehead atoms. The molecule has 1 N–H and O–H groups in total. The quantitative estimate of drug-likeness (QED) is 0.927. The third-order valence-corrected chi connectivity index (χ3v) is 3.19. The molecule has 1 amide bonds. The Hall–Kier alpha value is -2.67. The molecular weight excluding hydrogens is 250 g/mol. The highest BCUT2D eigenvalue weighted by Crippen LogP contribution is 2.13. The molecule has 1 aromatic heterocycles. The molecule has 0 fully saturated rings. The van der Waals surface area contributed by atoms with Crippen LogP contribution in [0.3, 0.4) is 0 Å². The maximum Gasteiger partial charge on any atom is 0.252 e. The van der Waals surface area contributed by atoms with Gasteiger partial charge in [-0.25, -0.2) is 0 Å². The fourth-order valence-electron chi connectivity index (χ4n) is 1.83. The number of hydrogen-bond donors (Lipinski definition) is 1. The van der Waals surface area contributed by atoms with Crippen LogP contribution in [0.1, 0.15) is 33.1 Å². The summed E-state index contributed by atoms with van der Waals surface area (Å²) in [5, 5.41) is 11.9. The maximum atomic E-state index is 12.2. The number of hydrogen-bond acceptors (Lipinski definition) is 3. The van der Waals surface area contributed by atoms with E-state index in [2.05, 4.69) is 16.4 Å². The Bertz CT molecular complexity index is 659. The first-order chi connectivity index (χ1) is 9.61. The van der Waals surface area contributed by atoms with E-state index < -0.39 is 6.04 Å². The van der Waals surface area contributed by atoms with Gasteiger partial charge in [-0.15, -0.1) is 0 Å². The standard InChI is InChI=1S/C16H15N3O/c1-11-5-6-13(8-12(11)2)16(20)19-15(9-17)14-4-3-7-18-10-14/h3-8,10,15H,1-2H3,(H,19,20). The number of amides is 1. The summed E-state index contributed by atoms with van der Waals surface area (Å²) in [5.41, 5.74) is 3.41. The molecule has 1 heterocycles. The number of carbonyl (C=O) groups is 1. The van der Waals surface area contributed by atoms with Crippen LogP contribution in [0.15, 0.2) is 42.7 Å². The van der Waals surface area contributed by atoms with Crippen LogP contribution in [0.5, 0.6) is 0 Å². The van der Waals surface area contributed by atoms with E-state index in [9.17, 15) is 10.1 Å². The first kappa shape index (κ1) is 13.8. The number of carbonyl (C=O) groups excluding carboxylic acids is 1. The second-order valence-electron chi connectivity index (χ2n) is 4.62. The summed E-state index contributed by atoms with van der Waals surface area (Å²) in [4.78, 5) is 16.1. The molecule has 0 aliphatic carbocycles. The Morgan fingerprint density at radius 2 is 2.10 bits per heavy atom. The molecule has 4 heteroatoms. The van der Waals surface area contributed by atoms with Gasteiger partial charge in [-0.1, -0.05) is 12.1 Å². The van der Waals surface area contributed by atoms with Gasteiger partial charge in [0, 0.05) is 23.5 Å². The Morgan fingerprint density at radius 1 is 1.30 bits per heavy atom. The zero-order valence-corrected chi connectivity index (χ0v) is 11.4.